The van der Waals surface area contributed by atoms with E-state index in [0.717, 1.165) is 10.0 Å². The van der Waals surface area contributed by atoms with Gasteiger partial charge in [-0.25, -0.2) is 9.59 Å². The first-order chi connectivity index (χ1) is 11.8. The minimum atomic E-state index is -0.752. The van der Waals surface area contributed by atoms with Crippen molar-refractivity contribution in [1.82, 2.24) is 5.32 Å². The van der Waals surface area contributed by atoms with Crippen LogP contribution in [0.3, 0.4) is 0 Å². The number of ether oxygens (including phenoxy) is 2. The van der Waals surface area contributed by atoms with E-state index >= 15 is 0 Å². The third-order valence-electron chi connectivity index (χ3n) is 2.80. The molecule has 0 aliphatic rings. The molecule has 0 radical (unpaired) electrons. The highest BCUT2D eigenvalue weighted by Gasteiger charge is 2.20. The van der Waals surface area contributed by atoms with Gasteiger partial charge in [0.25, 0.3) is 0 Å². The molecule has 0 aliphatic heterocycles. The van der Waals surface area contributed by atoms with Crippen molar-refractivity contribution in [3.8, 4) is 0 Å². The zero-order chi connectivity index (χ0) is 20.0. The largest absolute Gasteiger partial charge is 0.444 e. The first-order valence-electron chi connectivity index (χ1n) is 8.39. The Morgan fingerprint density at radius 2 is 1.69 bits per heavy atom. The Kier molecular flexibility index (Phi) is 7.81. The number of nitrogens with zero attached hydrogens (tertiary/aromatic N) is 1. The minimum absolute atomic E-state index is 0.202. The summed E-state index contributed by atoms with van der Waals surface area (Å²) < 4.78 is 11.4. The van der Waals surface area contributed by atoms with Crippen molar-refractivity contribution in [3.05, 3.63) is 34.3 Å². The van der Waals surface area contributed by atoms with E-state index in [-0.39, 0.29) is 5.84 Å². The van der Waals surface area contributed by atoms with Gasteiger partial charge in [-0.15, -0.1) is 0 Å². The number of benzene rings is 1. The maximum Gasteiger partial charge on any atom is 0.435 e. The first kappa shape index (κ1) is 22.2. The average Bonchev–Trinajstić information content (AvgIpc) is 2.40. The van der Waals surface area contributed by atoms with Gasteiger partial charge in [-0.2, -0.15) is 4.99 Å². The van der Waals surface area contributed by atoms with Crippen LogP contribution in [-0.4, -0.2) is 29.2 Å². The SMILES string of the molecule is CC(C)(C)OC(=O)N=C(CCc1cccc(Br)c1)NC(=O)OC(C)(C)C. The van der Waals surface area contributed by atoms with Crippen LogP contribution in [0.4, 0.5) is 9.59 Å². The molecule has 1 aromatic carbocycles. The number of hydrogen-bond acceptors (Lipinski definition) is 4. The van der Waals surface area contributed by atoms with Gasteiger partial charge >= 0.3 is 12.2 Å². The molecule has 0 heterocycles. The van der Waals surface area contributed by atoms with Gasteiger partial charge in [0, 0.05) is 10.9 Å². The Bertz CT molecular complexity index is 673. The van der Waals surface area contributed by atoms with Gasteiger partial charge in [-0.1, -0.05) is 28.1 Å². The first-order valence-corrected chi connectivity index (χ1v) is 9.18. The van der Waals surface area contributed by atoms with Gasteiger partial charge < -0.3 is 9.47 Å². The summed E-state index contributed by atoms with van der Waals surface area (Å²) in [4.78, 5) is 27.9. The molecule has 2 amide bonds. The monoisotopic (exact) mass is 426 g/mol. The Balaban J connectivity index is 2.86. The smallest absolute Gasteiger partial charge is 0.435 e. The number of aryl methyl sites for hydroxylation is 1. The molecule has 26 heavy (non-hydrogen) atoms. The van der Waals surface area contributed by atoms with Gasteiger partial charge in [0.05, 0.1) is 0 Å². The maximum absolute atomic E-state index is 12.0. The van der Waals surface area contributed by atoms with Crippen LogP contribution in [0.1, 0.15) is 53.5 Å². The number of nitrogens with one attached hydrogen (secondary N) is 1. The molecule has 1 N–H and O–H groups in total. The molecule has 7 heteroatoms. The number of carbonyl (C=O) groups excluding carboxylic acids is 2. The summed E-state index contributed by atoms with van der Waals surface area (Å²) in [7, 11) is 0. The van der Waals surface area contributed by atoms with Crippen molar-refractivity contribution in [2.24, 2.45) is 4.99 Å². The number of aliphatic imine (C=N–C) groups is 1. The average molecular weight is 427 g/mol. The van der Waals surface area contributed by atoms with E-state index in [4.69, 9.17) is 9.47 Å². The van der Waals surface area contributed by atoms with Crippen molar-refractivity contribution < 1.29 is 19.1 Å². The lowest BCUT2D eigenvalue weighted by Gasteiger charge is -2.20. The summed E-state index contributed by atoms with van der Waals surface area (Å²) in [5.74, 6) is 0.202. The molecule has 6 nitrogen and oxygen atoms in total. The van der Waals surface area contributed by atoms with E-state index in [2.05, 4.69) is 26.2 Å². The van der Waals surface area contributed by atoms with Gasteiger partial charge in [-0.3, -0.25) is 5.32 Å². The molecule has 0 atom stereocenters. The van der Waals surface area contributed by atoms with Crippen molar-refractivity contribution in [1.29, 1.82) is 0 Å². The van der Waals surface area contributed by atoms with E-state index in [1.807, 2.05) is 24.3 Å². The van der Waals surface area contributed by atoms with Crippen LogP contribution in [0.25, 0.3) is 0 Å². The van der Waals surface area contributed by atoms with Crippen LogP contribution in [0.2, 0.25) is 0 Å². The second-order valence-corrected chi connectivity index (χ2v) is 8.71. The predicted molar refractivity (Wildman–Crippen MR) is 106 cm³/mol. The van der Waals surface area contributed by atoms with E-state index in [1.165, 1.54) is 0 Å². The molecule has 0 fully saturated rings. The van der Waals surface area contributed by atoms with Crippen LogP contribution in [-0.2, 0) is 15.9 Å². The molecule has 0 unspecified atom stereocenters. The normalized spacial score (nSPS) is 12.5. The molecule has 0 saturated carbocycles. The van der Waals surface area contributed by atoms with E-state index in [1.54, 1.807) is 41.5 Å². The quantitative estimate of drug-likeness (QED) is 0.529. The van der Waals surface area contributed by atoms with Gasteiger partial charge in [-0.05, 0) is 65.7 Å². The summed E-state index contributed by atoms with van der Waals surface area (Å²) in [6.07, 6.45) is -0.460. The number of rotatable bonds is 3. The van der Waals surface area contributed by atoms with E-state index in [0.29, 0.717) is 12.8 Å². The second kappa shape index (κ2) is 9.16. The van der Waals surface area contributed by atoms with Crippen LogP contribution in [0.5, 0.6) is 0 Å². The fraction of sp³-hybridized carbons (Fsp3) is 0.526. The standard InChI is InChI=1S/C19H27BrN2O4/c1-18(2,3)25-16(23)21-15(22-17(24)26-19(4,5)6)11-10-13-8-7-9-14(20)12-13/h7-9,12H,10-11H2,1-6H3,(H,21,22,23,24). The van der Waals surface area contributed by atoms with Gasteiger partial charge in [0.15, 0.2) is 0 Å². The Hall–Kier alpha value is -1.89. The lowest BCUT2D eigenvalue weighted by Crippen LogP contribution is -2.37. The summed E-state index contributed by atoms with van der Waals surface area (Å²) in [6, 6.07) is 7.78. The van der Waals surface area contributed by atoms with Crippen molar-refractivity contribution in [2.45, 2.75) is 65.6 Å². The fourth-order valence-corrected chi connectivity index (χ4v) is 2.36. The van der Waals surface area contributed by atoms with Crippen molar-refractivity contribution in [2.75, 3.05) is 0 Å². The molecule has 0 aliphatic carbocycles. The van der Waals surface area contributed by atoms with Crippen molar-refractivity contribution in [3.63, 3.8) is 0 Å². The highest BCUT2D eigenvalue weighted by atomic mass is 79.9. The van der Waals surface area contributed by atoms with Crippen LogP contribution in [0, 0.1) is 0 Å². The summed E-state index contributed by atoms with van der Waals surface area (Å²) >= 11 is 3.42. The summed E-state index contributed by atoms with van der Waals surface area (Å²) in [5, 5.41) is 2.55. The highest BCUT2D eigenvalue weighted by molar-refractivity contribution is 9.10. The van der Waals surface area contributed by atoms with Crippen LogP contribution in [0.15, 0.2) is 33.7 Å². The molecule has 144 valence electrons. The molecular formula is C19H27BrN2O4. The predicted octanol–water partition coefficient (Wildman–Crippen LogP) is 5.24. The Morgan fingerprint density at radius 3 is 2.23 bits per heavy atom. The van der Waals surface area contributed by atoms with Crippen molar-refractivity contribution >= 4 is 34.0 Å². The lowest BCUT2D eigenvalue weighted by atomic mass is 10.1. The number of alkyl carbamates (subject to hydrolysis) is 1. The topological polar surface area (TPSA) is 77.0 Å². The fourth-order valence-electron chi connectivity index (χ4n) is 1.92. The van der Waals surface area contributed by atoms with Crippen LogP contribution >= 0.6 is 15.9 Å². The zero-order valence-electron chi connectivity index (χ0n) is 16.2. The third-order valence-corrected chi connectivity index (χ3v) is 3.30. The zero-order valence-corrected chi connectivity index (χ0v) is 17.8. The lowest BCUT2D eigenvalue weighted by molar-refractivity contribution is 0.0561. The number of halogens is 1. The summed E-state index contributed by atoms with van der Waals surface area (Å²) in [6.45, 7) is 10.5. The van der Waals surface area contributed by atoms with Crippen LogP contribution < -0.4 is 5.32 Å². The molecule has 1 aromatic rings. The molecule has 0 saturated heterocycles. The molecular weight excluding hydrogens is 400 g/mol. The number of amides is 2. The third kappa shape index (κ3) is 10.2. The number of amidine groups is 1. The molecule has 0 bridgehead atoms. The number of carbonyl (C=O) groups is 2. The van der Waals surface area contributed by atoms with Gasteiger partial charge in [0.2, 0.25) is 0 Å². The Morgan fingerprint density at radius 1 is 1.08 bits per heavy atom. The molecule has 0 aromatic heterocycles. The Labute approximate surface area is 163 Å². The van der Waals surface area contributed by atoms with E-state index in [9.17, 15) is 9.59 Å². The second-order valence-electron chi connectivity index (χ2n) is 7.80. The molecule has 1 rings (SSSR count). The molecule has 0 spiro atoms. The maximum atomic E-state index is 12.0. The number of hydrogen-bond donors (Lipinski definition) is 1. The summed E-state index contributed by atoms with van der Waals surface area (Å²) in [5.41, 5.74) is -0.268. The van der Waals surface area contributed by atoms with E-state index < -0.39 is 23.4 Å². The van der Waals surface area contributed by atoms with Gasteiger partial charge in [0.1, 0.15) is 17.0 Å². The minimum Gasteiger partial charge on any atom is -0.444 e. The highest BCUT2D eigenvalue weighted by Crippen LogP contribution is 2.14.